The van der Waals surface area contributed by atoms with Gasteiger partial charge in [0.1, 0.15) is 9.84 Å². The fourth-order valence-electron chi connectivity index (χ4n) is 2.72. The van der Waals surface area contributed by atoms with Crippen molar-refractivity contribution < 1.29 is 16.8 Å². The van der Waals surface area contributed by atoms with Crippen LogP contribution in [-0.4, -0.2) is 58.0 Å². The predicted octanol–water partition coefficient (Wildman–Crippen LogP) is 1.33. The molecule has 1 aliphatic heterocycles. The van der Waals surface area contributed by atoms with Crippen molar-refractivity contribution >= 4 is 25.5 Å². The number of piperidine rings is 1. The van der Waals surface area contributed by atoms with E-state index in [9.17, 15) is 16.8 Å². The van der Waals surface area contributed by atoms with Gasteiger partial charge in [-0.15, -0.1) is 0 Å². The summed E-state index contributed by atoms with van der Waals surface area (Å²) in [5.74, 6) is -0.204. The van der Waals surface area contributed by atoms with Gasteiger partial charge in [-0.25, -0.2) is 16.8 Å². The van der Waals surface area contributed by atoms with Gasteiger partial charge in [0.15, 0.2) is 0 Å². The normalized spacial score (nSPS) is 20.3. The number of sulfone groups is 1. The van der Waals surface area contributed by atoms with Crippen molar-refractivity contribution in [2.45, 2.75) is 25.3 Å². The summed E-state index contributed by atoms with van der Waals surface area (Å²) in [5.41, 5.74) is 0.980. The summed E-state index contributed by atoms with van der Waals surface area (Å²) < 4.78 is 48.5. The Morgan fingerprint density at radius 3 is 2.48 bits per heavy atom. The van der Waals surface area contributed by atoms with Crippen LogP contribution in [0, 0.1) is 0 Å². The van der Waals surface area contributed by atoms with Crippen LogP contribution in [0.2, 0.25) is 0 Å². The Labute approximate surface area is 138 Å². The van der Waals surface area contributed by atoms with E-state index in [0.717, 1.165) is 24.8 Å². The molecule has 0 saturated carbocycles. The molecule has 8 heteroatoms. The molecule has 0 bridgehead atoms. The second kappa shape index (κ2) is 7.63. The van der Waals surface area contributed by atoms with E-state index in [0.29, 0.717) is 13.1 Å². The molecule has 130 valence electrons. The lowest BCUT2D eigenvalue weighted by molar-refractivity contribution is 0.327. The lowest BCUT2D eigenvalue weighted by Crippen LogP contribution is -2.46. The standard InChI is InChI=1S/C15H24N2O4S2/c1-22(18,19)11-6-12-23(20,21)17-10-5-9-15(13-17)16-14-7-3-2-4-8-14/h2-4,7-8,15-16H,5-6,9-13H2,1H3. The fraction of sp³-hybridized carbons (Fsp3) is 0.600. The van der Waals surface area contributed by atoms with Crippen LogP contribution in [0.5, 0.6) is 0 Å². The molecule has 0 radical (unpaired) electrons. The van der Waals surface area contributed by atoms with Crippen LogP contribution < -0.4 is 5.32 Å². The molecular formula is C15H24N2O4S2. The smallest absolute Gasteiger partial charge is 0.214 e. The summed E-state index contributed by atoms with van der Waals surface area (Å²) in [6.07, 6.45) is 2.99. The highest BCUT2D eigenvalue weighted by molar-refractivity contribution is 7.91. The van der Waals surface area contributed by atoms with Gasteiger partial charge in [-0.2, -0.15) is 4.31 Å². The molecule has 1 unspecified atom stereocenters. The van der Waals surface area contributed by atoms with Crippen LogP contribution in [0.3, 0.4) is 0 Å². The fourth-order valence-corrected chi connectivity index (χ4v) is 5.15. The zero-order chi connectivity index (χ0) is 16.9. The third kappa shape index (κ3) is 6.12. The number of hydrogen-bond donors (Lipinski definition) is 1. The van der Waals surface area contributed by atoms with Crippen LogP contribution in [0.1, 0.15) is 19.3 Å². The molecule has 1 aromatic carbocycles. The van der Waals surface area contributed by atoms with E-state index in [1.54, 1.807) is 0 Å². The van der Waals surface area contributed by atoms with Crippen LogP contribution in [0.15, 0.2) is 30.3 Å². The van der Waals surface area contributed by atoms with Gasteiger partial charge in [-0.1, -0.05) is 18.2 Å². The van der Waals surface area contributed by atoms with Crippen molar-refractivity contribution in [2.75, 3.05) is 36.2 Å². The Morgan fingerprint density at radius 2 is 1.83 bits per heavy atom. The summed E-state index contributed by atoms with van der Waals surface area (Å²) in [7, 11) is -6.53. The first-order chi connectivity index (χ1) is 10.8. The third-order valence-electron chi connectivity index (χ3n) is 3.84. The Hall–Kier alpha value is -1.12. The van der Waals surface area contributed by atoms with Gasteiger partial charge in [0.05, 0.1) is 11.5 Å². The average molecular weight is 361 g/mol. The van der Waals surface area contributed by atoms with Crippen molar-refractivity contribution in [1.82, 2.24) is 4.31 Å². The molecule has 1 saturated heterocycles. The highest BCUT2D eigenvalue weighted by Crippen LogP contribution is 2.19. The lowest BCUT2D eigenvalue weighted by atomic mass is 10.1. The summed E-state index contributed by atoms with van der Waals surface area (Å²) in [4.78, 5) is 0. The molecular weight excluding hydrogens is 336 g/mol. The van der Waals surface area contributed by atoms with E-state index in [2.05, 4.69) is 5.32 Å². The molecule has 1 aromatic rings. The molecule has 6 nitrogen and oxygen atoms in total. The number of sulfonamides is 1. The largest absolute Gasteiger partial charge is 0.381 e. The molecule has 1 aliphatic rings. The van der Waals surface area contributed by atoms with E-state index in [1.165, 1.54) is 4.31 Å². The minimum atomic E-state index is -3.40. The molecule has 1 atom stereocenters. The Bertz CT molecular complexity index is 702. The minimum Gasteiger partial charge on any atom is -0.381 e. The Kier molecular flexibility index (Phi) is 6.05. The van der Waals surface area contributed by atoms with Gasteiger partial charge >= 0.3 is 0 Å². The van der Waals surface area contributed by atoms with E-state index in [4.69, 9.17) is 0 Å². The number of benzene rings is 1. The Balaban J connectivity index is 1.91. The number of hydrogen-bond acceptors (Lipinski definition) is 5. The van der Waals surface area contributed by atoms with Gasteiger partial charge < -0.3 is 5.32 Å². The molecule has 0 aromatic heterocycles. The van der Waals surface area contributed by atoms with Crippen molar-refractivity contribution in [3.63, 3.8) is 0 Å². The number of para-hydroxylation sites is 1. The molecule has 23 heavy (non-hydrogen) atoms. The first kappa shape index (κ1) is 18.2. The van der Waals surface area contributed by atoms with Crippen LogP contribution in [0.4, 0.5) is 5.69 Å². The number of rotatable bonds is 7. The van der Waals surface area contributed by atoms with Gasteiger partial charge in [-0.05, 0) is 31.4 Å². The van der Waals surface area contributed by atoms with Crippen molar-refractivity contribution in [3.05, 3.63) is 30.3 Å². The van der Waals surface area contributed by atoms with Gasteiger partial charge in [0.2, 0.25) is 10.0 Å². The van der Waals surface area contributed by atoms with E-state index in [1.807, 2.05) is 30.3 Å². The number of nitrogens with one attached hydrogen (secondary N) is 1. The van der Waals surface area contributed by atoms with Crippen molar-refractivity contribution in [1.29, 1.82) is 0 Å². The Morgan fingerprint density at radius 1 is 1.13 bits per heavy atom. The maximum Gasteiger partial charge on any atom is 0.214 e. The summed E-state index contributed by atoms with van der Waals surface area (Å²) in [5, 5.41) is 3.36. The highest BCUT2D eigenvalue weighted by Gasteiger charge is 2.28. The summed E-state index contributed by atoms with van der Waals surface area (Å²) in [6, 6.07) is 9.80. The molecule has 0 spiro atoms. The molecule has 1 fully saturated rings. The zero-order valence-corrected chi connectivity index (χ0v) is 14.9. The van der Waals surface area contributed by atoms with E-state index < -0.39 is 19.9 Å². The van der Waals surface area contributed by atoms with Crippen LogP contribution in [0.25, 0.3) is 0 Å². The quantitative estimate of drug-likeness (QED) is 0.793. The third-order valence-corrected chi connectivity index (χ3v) is 6.79. The highest BCUT2D eigenvalue weighted by atomic mass is 32.2. The summed E-state index contributed by atoms with van der Waals surface area (Å²) >= 11 is 0. The van der Waals surface area contributed by atoms with Gasteiger partial charge in [0.25, 0.3) is 0 Å². The maximum absolute atomic E-state index is 12.4. The number of anilines is 1. The molecule has 2 rings (SSSR count). The second-order valence-electron chi connectivity index (χ2n) is 6.01. The van der Waals surface area contributed by atoms with E-state index in [-0.39, 0.29) is 24.0 Å². The first-order valence-electron chi connectivity index (χ1n) is 7.73. The van der Waals surface area contributed by atoms with Crippen molar-refractivity contribution in [2.24, 2.45) is 0 Å². The number of nitrogens with zero attached hydrogens (tertiary/aromatic N) is 1. The topological polar surface area (TPSA) is 83.5 Å². The lowest BCUT2D eigenvalue weighted by Gasteiger charge is -2.33. The van der Waals surface area contributed by atoms with Gasteiger partial charge in [0, 0.05) is 31.1 Å². The first-order valence-corrected chi connectivity index (χ1v) is 11.4. The van der Waals surface area contributed by atoms with Crippen molar-refractivity contribution in [3.8, 4) is 0 Å². The predicted molar refractivity (Wildman–Crippen MR) is 92.8 cm³/mol. The SMILES string of the molecule is CS(=O)(=O)CCCS(=O)(=O)N1CCCC(Nc2ccccc2)C1. The maximum atomic E-state index is 12.4. The molecule has 0 amide bonds. The zero-order valence-electron chi connectivity index (χ0n) is 13.3. The second-order valence-corrected chi connectivity index (χ2v) is 10.4. The van der Waals surface area contributed by atoms with Crippen LogP contribution >= 0.6 is 0 Å². The minimum absolute atomic E-state index is 0.0795. The monoisotopic (exact) mass is 360 g/mol. The summed E-state index contributed by atoms with van der Waals surface area (Å²) in [6.45, 7) is 0.935. The molecule has 1 N–H and O–H groups in total. The van der Waals surface area contributed by atoms with Crippen LogP contribution in [-0.2, 0) is 19.9 Å². The molecule has 0 aliphatic carbocycles. The van der Waals surface area contributed by atoms with Gasteiger partial charge in [-0.3, -0.25) is 0 Å². The average Bonchev–Trinajstić information content (AvgIpc) is 2.47. The van der Waals surface area contributed by atoms with E-state index >= 15 is 0 Å². The molecule has 1 heterocycles.